The van der Waals surface area contributed by atoms with Crippen molar-refractivity contribution in [1.82, 2.24) is 34.1 Å². The Labute approximate surface area is 216 Å². The first-order valence-corrected chi connectivity index (χ1v) is 12.0. The van der Waals surface area contributed by atoms with Crippen molar-refractivity contribution in [2.45, 2.75) is 13.3 Å². The molecule has 0 atom stereocenters. The molecule has 6 rings (SSSR count). The van der Waals surface area contributed by atoms with E-state index in [0.717, 1.165) is 33.7 Å². The Morgan fingerprint density at radius 3 is 2.68 bits per heavy atom. The first kappa shape index (κ1) is 23.3. The number of nitrogens with one attached hydrogen (secondary N) is 1. The maximum atomic E-state index is 13.3. The van der Waals surface area contributed by atoms with Crippen molar-refractivity contribution in [2.75, 3.05) is 18.4 Å². The molecule has 1 N–H and O–H groups in total. The molecule has 38 heavy (non-hydrogen) atoms. The monoisotopic (exact) mass is 510 g/mol. The second-order valence-corrected chi connectivity index (χ2v) is 8.90. The molecule has 5 aromatic rings. The molecule has 11 heteroatoms. The third kappa shape index (κ3) is 4.34. The fourth-order valence-corrected chi connectivity index (χ4v) is 4.54. The van der Waals surface area contributed by atoms with E-state index in [-0.39, 0.29) is 0 Å². The van der Waals surface area contributed by atoms with Crippen LogP contribution in [0.3, 0.4) is 0 Å². The second kappa shape index (κ2) is 9.43. The largest absolute Gasteiger partial charge is 0.457 e. The first-order chi connectivity index (χ1) is 18.5. The molecule has 0 fully saturated rings. The Balaban J connectivity index is 1.24. The van der Waals surface area contributed by atoms with E-state index >= 15 is 0 Å². The van der Waals surface area contributed by atoms with Crippen molar-refractivity contribution in [3.05, 3.63) is 91.1 Å². The van der Waals surface area contributed by atoms with E-state index < -0.39 is 11.7 Å². The molecular formula is C27H23FN8O2. The van der Waals surface area contributed by atoms with Crippen LogP contribution >= 0.6 is 0 Å². The van der Waals surface area contributed by atoms with Gasteiger partial charge in [-0.15, -0.1) is 0 Å². The predicted molar refractivity (Wildman–Crippen MR) is 140 cm³/mol. The van der Waals surface area contributed by atoms with Crippen molar-refractivity contribution >= 4 is 34.1 Å². The number of halogens is 1. The Bertz CT molecular complexity index is 1740. The van der Waals surface area contributed by atoms with Crippen LogP contribution in [0.5, 0.6) is 11.5 Å². The zero-order valence-electron chi connectivity index (χ0n) is 20.5. The van der Waals surface area contributed by atoms with E-state index in [1.807, 2.05) is 55.6 Å². The number of aryl methyl sites for hydroxylation is 1. The summed E-state index contributed by atoms with van der Waals surface area (Å²) in [7, 11) is 0. The highest BCUT2D eigenvalue weighted by molar-refractivity contribution is 5.92. The van der Waals surface area contributed by atoms with Gasteiger partial charge in [-0.3, -0.25) is 4.79 Å². The number of ether oxygens (including phenoxy) is 1. The molecule has 0 radical (unpaired) electrons. The van der Waals surface area contributed by atoms with E-state index in [1.54, 1.807) is 15.2 Å². The summed E-state index contributed by atoms with van der Waals surface area (Å²) in [5.41, 5.74) is 5.29. The number of rotatable bonds is 6. The summed E-state index contributed by atoms with van der Waals surface area (Å²) in [4.78, 5) is 22.1. The number of anilines is 2. The molecule has 0 saturated heterocycles. The van der Waals surface area contributed by atoms with Gasteiger partial charge in [-0.2, -0.15) is 10.2 Å². The van der Waals surface area contributed by atoms with Gasteiger partial charge in [-0.1, -0.05) is 12.7 Å². The number of carbonyl (C=O) groups excluding carboxylic acids is 1. The Morgan fingerprint density at radius 1 is 1.08 bits per heavy atom. The fourth-order valence-electron chi connectivity index (χ4n) is 4.54. The number of hydrogen-bond donors (Lipinski definition) is 1. The van der Waals surface area contributed by atoms with Crippen LogP contribution in [0, 0.1) is 6.92 Å². The zero-order valence-corrected chi connectivity index (χ0v) is 20.5. The SMILES string of the molecule is C=C(F)C(=O)N1CC=C(c2ccn3ncnc(Nc4ccc(Oc5ccn6ncnc6c5)c(C)c4)c23)CC1. The summed E-state index contributed by atoms with van der Waals surface area (Å²) in [6.45, 7) is 5.81. The minimum Gasteiger partial charge on any atom is -0.457 e. The lowest BCUT2D eigenvalue weighted by atomic mass is 10.0. The zero-order chi connectivity index (χ0) is 26.2. The molecule has 4 aromatic heterocycles. The Morgan fingerprint density at radius 2 is 1.89 bits per heavy atom. The molecule has 0 unspecified atom stereocenters. The second-order valence-electron chi connectivity index (χ2n) is 8.90. The van der Waals surface area contributed by atoms with Crippen molar-refractivity contribution in [1.29, 1.82) is 0 Å². The number of nitrogens with zero attached hydrogens (tertiary/aromatic N) is 7. The maximum Gasteiger partial charge on any atom is 0.282 e. The lowest BCUT2D eigenvalue weighted by molar-refractivity contribution is -0.128. The molecule has 0 bridgehead atoms. The Hall–Kier alpha value is -5.06. The van der Waals surface area contributed by atoms with Gasteiger partial charge in [0.1, 0.15) is 29.7 Å². The molecule has 190 valence electrons. The van der Waals surface area contributed by atoms with Gasteiger partial charge in [0.15, 0.2) is 17.3 Å². The normalized spacial score (nSPS) is 13.5. The average Bonchev–Trinajstić information content (AvgIpc) is 3.57. The summed E-state index contributed by atoms with van der Waals surface area (Å²) in [5, 5.41) is 11.8. The van der Waals surface area contributed by atoms with E-state index in [9.17, 15) is 9.18 Å². The minimum atomic E-state index is -0.945. The molecule has 1 aromatic carbocycles. The van der Waals surface area contributed by atoms with Crippen molar-refractivity contribution in [3.8, 4) is 11.5 Å². The van der Waals surface area contributed by atoms with Crippen LogP contribution in [0.25, 0.3) is 16.7 Å². The highest BCUT2D eigenvalue weighted by Gasteiger charge is 2.22. The summed E-state index contributed by atoms with van der Waals surface area (Å²) in [5.74, 6) is 0.412. The highest BCUT2D eigenvalue weighted by Crippen LogP contribution is 2.33. The molecular weight excluding hydrogens is 487 g/mol. The third-order valence-corrected chi connectivity index (χ3v) is 6.45. The van der Waals surface area contributed by atoms with Gasteiger partial charge in [0.25, 0.3) is 5.91 Å². The van der Waals surface area contributed by atoms with Crippen LogP contribution in [-0.2, 0) is 4.79 Å². The predicted octanol–water partition coefficient (Wildman–Crippen LogP) is 4.72. The summed E-state index contributed by atoms with van der Waals surface area (Å²) < 4.78 is 22.8. The molecule has 1 aliphatic heterocycles. The van der Waals surface area contributed by atoms with Crippen LogP contribution in [0.2, 0.25) is 0 Å². The molecule has 0 aliphatic carbocycles. The standard InChI is InChI=1S/C27H23FN8O2/c1-17-13-20(3-4-23(17)38-21-7-11-35-24(14-21)29-15-31-35)33-26-25-22(8-12-36(25)32-16-30-26)19-5-9-34(10-6-19)27(37)18(2)28/h3-5,7-8,11-16H,2,6,9-10H2,1H3,(H,30,32,33). The summed E-state index contributed by atoms with van der Waals surface area (Å²) in [6, 6.07) is 11.4. The van der Waals surface area contributed by atoms with Crippen molar-refractivity contribution in [3.63, 3.8) is 0 Å². The first-order valence-electron chi connectivity index (χ1n) is 12.0. The van der Waals surface area contributed by atoms with E-state index in [4.69, 9.17) is 4.74 Å². The van der Waals surface area contributed by atoms with Gasteiger partial charge < -0.3 is 15.0 Å². The summed E-state index contributed by atoms with van der Waals surface area (Å²) >= 11 is 0. The maximum absolute atomic E-state index is 13.3. The van der Waals surface area contributed by atoms with Gasteiger partial charge in [0, 0.05) is 42.8 Å². The lowest BCUT2D eigenvalue weighted by Gasteiger charge is -2.25. The number of fused-ring (bicyclic) bond motifs is 2. The highest BCUT2D eigenvalue weighted by atomic mass is 19.1. The van der Waals surface area contributed by atoms with Gasteiger partial charge in [-0.25, -0.2) is 23.4 Å². The molecule has 1 amide bonds. The van der Waals surface area contributed by atoms with Crippen LogP contribution in [0.4, 0.5) is 15.9 Å². The quantitative estimate of drug-likeness (QED) is 0.330. The number of hydrogen-bond acceptors (Lipinski definition) is 7. The molecule has 10 nitrogen and oxygen atoms in total. The van der Waals surface area contributed by atoms with Gasteiger partial charge in [-0.05, 0) is 54.8 Å². The topological polar surface area (TPSA) is 102 Å². The lowest BCUT2D eigenvalue weighted by Crippen LogP contribution is -2.34. The van der Waals surface area contributed by atoms with Gasteiger partial charge in [0.05, 0.1) is 0 Å². The number of benzene rings is 1. The molecule has 1 aliphatic rings. The third-order valence-electron chi connectivity index (χ3n) is 6.45. The molecule has 0 saturated carbocycles. The van der Waals surface area contributed by atoms with Gasteiger partial charge in [0.2, 0.25) is 0 Å². The van der Waals surface area contributed by atoms with Crippen molar-refractivity contribution in [2.24, 2.45) is 0 Å². The van der Waals surface area contributed by atoms with E-state index in [2.05, 4.69) is 32.1 Å². The number of aromatic nitrogens is 6. The summed E-state index contributed by atoms with van der Waals surface area (Å²) in [6.07, 6.45) is 9.17. The smallest absolute Gasteiger partial charge is 0.282 e. The minimum absolute atomic E-state index is 0.315. The fraction of sp³-hybridized carbons (Fsp3) is 0.148. The number of pyridine rings is 1. The molecule has 0 spiro atoms. The molecule has 5 heterocycles. The van der Waals surface area contributed by atoms with Gasteiger partial charge >= 0.3 is 0 Å². The van der Waals surface area contributed by atoms with E-state index in [0.29, 0.717) is 36.7 Å². The van der Waals surface area contributed by atoms with Crippen LogP contribution in [0.15, 0.2) is 79.9 Å². The Kier molecular flexibility index (Phi) is 5.79. The van der Waals surface area contributed by atoms with Crippen LogP contribution in [0.1, 0.15) is 17.5 Å². The van der Waals surface area contributed by atoms with Crippen LogP contribution < -0.4 is 10.1 Å². The van der Waals surface area contributed by atoms with E-state index in [1.165, 1.54) is 17.6 Å². The number of carbonyl (C=O) groups is 1. The van der Waals surface area contributed by atoms with Crippen molar-refractivity contribution < 1.29 is 13.9 Å². The average molecular weight is 511 g/mol. The number of amides is 1. The van der Waals surface area contributed by atoms with Crippen LogP contribution in [-0.4, -0.2) is 53.1 Å².